The summed E-state index contributed by atoms with van der Waals surface area (Å²) in [6, 6.07) is 5.55. The molecule has 0 saturated heterocycles. The van der Waals surface area contributed by atoms with Crippen LogP contribution in [0.3, 0.4) is 0 Å². The fourth-order valence-corrected chi connectivity index (χ4v) is 3.47. The zero-order chi connectivity index (χ0) is 28.2. The molecule has 3 N–H and O–H groups in total. The first-order valence-electron chi connectivity index (χ1n) is 13.2. The van der Waals surface area contributed by atoms with Gasteiger partial charge < -0.3 is 25.8 Å². The van der Waals surface area contributed by atoms with Crippen LogP contribution >= 0.6 is 0 Å². The van der Waals surface area contributed by atoms with E-state index >= 15 is 0 Å². The van der Waals surface area contributed by atoms with Crippen molar-refractivity contribution in [2.45, 2.75) is 38.6 Å². The van der Waals surface area contributed by atoms with E-state index < -0.39 is 6.04 Å². The quantitative estimate of drug-likeness (QED) is 0.205. The number of amides is 2. The molecule has 1 fully saturated rings. The number of nitrogens with zero attached hydrogens (tertiary/aromatic N) is 4. The van der Waals surface area contributed by atoms with Gasteiger partial charge in [0.15, 0.2) is 0 Å². The smallest absolute Gasteiger partial charge is 0.246 e. The van der Waals surface area contributed by atoms with Gasteiger partial charge in [-0.15, -0.1) is 0 Å². The Bertz CT molecular complexity index is 1220. The minimum absolute atomic E-state index is 0.207. The summed E-state index contributed by atoms with van der Waals surface area (Å²) in [4.78, 5) is 37.0. The van der Waals surface area contributed by atoms with E-state index in [1.54, 1.807) is 38.4 Å². The highest BCUT2D eigenvalue weighted by Gasteiger charge is 2.22. The fourth-order valence-electron chi connectivity index (χ4n) is 3.47. The maximum atomic E-state index is 13.5. The summed E-state index contributed by atoms with van der Waals surface area (Å²) < 4.78 is 13.5. The lowest BCUT2D eigenvalue weighted by atomic mass is 10.2. The van der Waals surface area contributed by atoms with Crippen molar-refractivity contribution < 1.29 is 14.0 Å². The predicted molar refractivity (Wildman–Crippen MR) is 152 cm³/mol. The molecule has 1 aromatic heterocycles. The van der Waals surface area contributed by atoms with E-state index in [0.717, 1.165) is 6.54 Å². The third-order valence-corrected chi connectivity index (χ3v) is 6.16. The van der Waals surface area contributed by atoms with Gasteiger partial charge in [-0.3, -0.25) is 9.59 Å². The van der Waals surface area contributed by atoms with Crippen LogP contribution in [-0.4, -0.2) is 78.4 Å². The summed E-state index contributed by atoms with van der Waals surface area (Å²) in [5, 5.41) is 9.27. The molecule has 3 rings (SSSR count). The molecule has 1 aliphatic carbocycles. The number of unbranched alkanes of at least 4 members (excludes halogenated alkanes) is 1. The molecule has 2 aromatic rings. The van der Waals surface area contributed by atoms with Gasteiger partial charge in [-0.2, -0.15) is 4.98 Å². The number of hydrogen-bond donors (Lipinski definition) is 3. The third-order valence-electron chi connectivity index (χ3n) is 6.16. The van der Waals surface area contributed by atoms with Crippen LogP contribution in [0.4, 0.5) is 21.8 Å². The highest BCUT2D eigenvalue weighted by Crippen LogP contribution is 2.29. The Hall–Kier alpha value is -3.97. The Morgan fingerprint density at radius 1 is 1.26 bits per heavy atom. The topological polar surface area (TPSA) is 102 Å². The van der Waals surface area contributed by atoms with Crippen LogP contribution < -0.4 is 16.0 Å². The zero-order valence-electron chi connectivity index (χ0n) is 23.1. The van der Waals surface area contributed by atoms with Crippen molar-refractivity contribution in [3.8, 4) is 11.8 Å². The van der Waals surface area contributed by atoms with Crippen LogP contribution in [0.1, 0.15) is 38.2 Å². The highest BCUT2D eigenvalue weighted by molar-refractivity contribution is 5.92. The second-order valence-electron chi connectivity index (χ2n) is 9.90. The molecule has 0 bridgehead atoms. The molecule has 0 spiro atoms. The number of carbonyl (C=O) groups is 2. The number of likely N-dealkylation sites (N-methyl/N-ethyl adjacent to an activating group) is 2. The van der Waals surface area contributed by atoms with Gasteiger partial charge in [0.2, 0.25) is 17.8 Å². The Morgan fingerprint density at radius 3 is 2.77 bits per heavy atom. The van der Waals surface area contributed by atoms with Gasteiger partial charge in [0.1, 0.15) is 17.7 Å². The van der Waals surface area contributed by atoms with Gasteiger partial charge >= 0.3 is 0 Å². The monoisotopic (exact) mass is 535 g/mol. The Labute approximate surface area is 230 Å². The van der Waals surface area contributed by atoms with Gasteiger partial charge in [-0.1, -0.05) is 24.0 Å². The maximum absolute atomic E-state index is 13.5. The lowest BCUT2D eigenvalue weighted by Gasteiger charge is -2.23. The van der Waals surface area contributed by atoms with Crippen molar-refractivity contribution in [2.24, 2.45) is 5.92 Å². The van der Waals surface area contributed by atoms with Crippen LogP contribution in [0.25, 0.3) is 0 Å². The van der Waals surface area contributed by atoms with Crippen LogP contribution in [0.2, 0.25) is 0 Å². The van der Waals surface area contributed by atoms with E-state index in [1.165, 1.54) is 36.0 Å². The Morgan fingerprint density at radius 2 is 2.05 bits per heavy atom. The standard InChI is InChI=1S/C29H38FN7O2/c1-21(37(4)26(38)13-9-17-36(2)3)28(39)31-16-7-5-6-10-23-20-33-29(34-25-12-8-11-24(30)18-25)35-27(23)32-19-22-14-15-22/h8-9,11-13,18,20-22H,5,7,14-17,19H2,1-4H3,(H,31,39)(H2,32,33,34,35)/t21-/m0/s1. The number of anilines is 3. The molecule has 1 heterocycles. The van der Waals surface area contributed by atoms with Crippen molar-refractivity contribution in [1.29, 1.82) is 0 Å². The number of carbonyl (C=O) groups excluding carboxylic acids is 2. The molecule has 1 atom stereocenters. The van der Waals surface area contributed by atoms with Crippen molar-refractivity contribution in [1.82, 2.24) is 25.1 Å². The summed E-state index contributed by atoms with van der Waals surface area (Å²) in [5.41, 5.74) is 1.25. The first-order valence-corrected chi connectivity index (χ1v) is 13.2. The predicted octanol–water partition coefficient (Wildman–Crippen LogP) is 3.39. The first-order chi connectivity index (χ1) is 18.7. The van der Waals surface area contributed by atoms with E-state index in [9.17, 15) is 14.0 Å². The van der Waals surface area contributed by atoms with Gasteiger partial charge in [0.05, 0.1) is 11.8 Å². The number of halogens is 1. The fraction of sp³-hybridized carbons (Fsp3) is 0.448. The molecule has 10 heteroatoms. The summed E-state index contributed by atoms with van der Waals surface area (Å²) in [5.74, 6) is 7.14. The summed E-state index contributed by atoms with van der Waals surface area (Å²) in [6.45, 7) is 3.63. The van der Waals surface area contributed by atoms with Crippen molar-refractivity contribution in [2.75, 3.05) is 51.4 Å². The van der Waals surface area contributed by atoms with Gasteiger partial charge in [0, 0.05) is 44.9 Å². The second kappa shape index (κ2) is 14.8. The molecular weight excluding hydrogens is 497 g/mol. The molecule has 39 heavy (non-hydrogen) atoms. The zero-order valence-corrected chi connectivity index (χ0v) is 23.1. The molecule has 0 radical (unpaired) electrons. The molecular formula is C29H38FN7O2. The molecule has 1 saturated carbocycles. The number of nitrogens with one attached hydrogen (secondary N) is 3. The molecule has 208 valence electrons. The summed E-state index contributed by atoms with van der Waals surface area (Å²) >= 11 is 0. The number of aromatic nitrogens is 2. The lowest BCUT2D eigenvalue weighted by molar-refractivity contribution is -0.135. The molecule has 0 unspecified atom stereocenters. The molecule has 0 aliphatic heterocycles. The van der Waals surface area contributed by atoms with E-state index in [2.05, 4.69) is 37.8 Å². The SMILES string of the molecule is C[C@@H](C(=O)NCCCC#Cc1cnc(Nc2cccc(F)c2)nc1NCC1CC1)N(C)C(=O)C=CCN(C)C. The highest BCUT2D eigenvalue weighted by atomic mass is 19.1. The second-order valence-corrected chi connectivity index (χ2v) is 9.90. The maximum Gasteiger partial charge on any atom is 0.246 e. The van der Waals surface area contributed by atoms with Crippen molar-refractivity contribution >= 4 is 29.3 Å². The normalized spacial score (nSPS) is 13.5. The average molecular weight is 536 g/mol. The van der Waals surface area contributed by atoms with Crippen LogP contribution in [0.5, 0.6) is 0 Å². The average Bonchev–Trinajstić information content (AvgIpc) is 3.73. The van der Waals surface area contributed by atoms with Crippen LogP contribution in [-0.2, 0) is 9.59 Å². The largest absolute Gasteiger partial charge is 0.369 e. The third kappa shape index (κ3) is 10.4. The number of hydrogen-bond acceptors (Lipinski definition) is 7. The van der Waals surface area contributed by atoms with Crippen molar-refractivity contribution in [3.05, 3.63) is 54.0 Å². The van der Waals surface area contributed by atoms with Gasteiger partial charge in [0.25, 0.3) is 0 Å². The Balaban J connectivity index is 1.49. The van der Waals surface area contributed by atoms with Crippen LogP contribution in [0.15, 0.2) is 42.6 Å². The summed E-state index contributed by atoms with van der Waals surface area (Å²) in [6.07, 6.45) is 8.55. The number of benzene rings is 1. The summed E-state index contributed by atoms with van der Waals surface area (Å²) in [7, 11) is 5.46. The minimum atomic E-state index is -0.579. The lowest BCUT2D eigenvalue weighted by Crippen LogP contribution is -2.45. The molecule has 9 nitrogen and oxygen atoms in total. The van der Waals surface area contributed by atoms with E-state index in [-0.39, 0.29) is 17.6 Å². The van der Waals surface area contributed by atoms with Crippen LogP contribution in [0, 0.1) is 23.6 Å². The van der Waals surface area contributed by atoms with Gasteiger partial charge in [-0.05, 0) is 64.4 Å². The van der Waals surface area contributed by atoms with Crippen molar-refractivity contribution in [3.63, 3.8) is 0 Å². The van der Waals surface area contributed by atoms with E-state index in [4.69, 9.17) is 0 Å². The van der Waals surface area contributed by atoms with Gasteiger partial charge in [-0.25, -0.2) is 9.37 Å². The molecule has 2 amide bonds. The minimum Gasteiger partial charge on any atom is -0.369 e. The van der Waals surface area contributed by atoms with E-state index in [0.29, 0.717) is 54.9 Å². The molecule has 1 aliphatic rings. The van der Waals surface area contributed by atoms with E-state index in [1.807, 2.05) is 19.0 Å². The first kappa shape index (κ1) is 29.6. The number of rotatable bonds is 13. The molecule has 1 aromatic carbocycles. The Kier molecular flexibility index (Phi) is 11.3.